The number of carbonyl (C=O) groups excluding carboxylic acids is 1. The molecule has 2 fully saturated rings. The predicted molar refractivity (Wildman–Crippen MR) is 79.3 cm³/mol. The lowest BCUT2D eigenvalue weighted by atomic mass is 9.93. The lowest BCUT2D eigenvalue weighted by Gasteiger charge is -2.45. The van der Waals surface area contributed by atoms with E-state index in [1.165, 1.54) is 5.56 Å². The molecule has 21 heavy (non-hydrogen) atoms. The van der Waals surface area contributed by atoms with Crippen molar-refractivity contribution in [3.63, 3.8) is 0 Å². The molecule has 2 heterocycles. The van der Waals surface area contributed by atoms with Crippen LogP contribution in [0.1, 0.15) is 18.9 Å². The molecule has 5 heteroatoms. The maximum absolute atomic E-state index is 11.4. The van der Waals surface area contributed by atoms with Gasteiger partial charge in [0.15, 0.2) is 5.60 Å². The summed E-state index contributed by atoms with van der Waals surface area (Å²) in [5.74, 6) is 0.923. The summed E-state index contributed by atoms with van der Waals surface area (Å²) in [6, 6.07) is 8.24. The van der Waals surface area contributed by atoms with Crippen LogP contribution >= 0.6 is 0 Å². The third-order valence-electron chi connectivity index (χ3n) is 3.97. The maximum Gasteiger partial charge on any atom is 0.410 e. The molecule has 0 bridgehead atoms. The van der Waals surface area contributed by atoms with Crippen LogP contribution in [0.5, 0.6) is 5.75 Å². The number of rotatable bonds is 5. The molecule has 0 aromatic heterocycles. The van der Waals surface area contributed by atoms with Gasteiger partial charge in [0.1, 0.15) is 5.75 Å². The first kappa shape index (κ1) is 14.2. The van der Waals surface area contributed by atoms with Crippen LogP contribution in [0, 0.1) is 0 Å². The zero-order valence-electron chi connectivity index (χ0n) is 12.7. The number of likely N-dealkylation sites (N-methyl/N-ethyl adjacent to an activating group) is 1. The minimum atomic E-state index is -0.268. The van der Waals surface area contributed by atoms with E-state index in [1.54, 1.807) is 11.9 Å². The van der Waals surface area contributed by atoms with E-state index in [4.69, 9.17) is 9.47 Å². The smallest absolute Gasteiger partial charge is 0.410 e. The van der Waals surface area contributed by atoms with Crippen LogP contribution in [0.25, 0.3) is 0 Å². The van der Waals surface area contributed by atoms with Crippen LogP contribution in [0.15, 0.2) is 24.3 Å². The van der Waals surface area contributed by atoms with Crippen molar-refractivity contribution < 1.29 is 14.3 Å². The van der Waals surface area contributed by atoms with Crippen molar-refractivity contribution in [3.05, 3.63) is 29.8 Å². The number of benzene rings is 1. The van der Waals surface area contributed by atoms with Crippen molar-refractivity contribution in [2.24, 2.45) is 0 Å². The molecule has 1 aromatic carbocycles. The third kappa shape index (κ3) is 2.97. The van der Waals surface area contributed by atoms with Gasteiger partial charge in [-0.2, -0.15) is 0 Å². The number of likely N-dealkylation sites (tertiary alicyclic amines) is 1. The van der Waals surface area contributed by atoms with E-state index in [-0.39, 0.29) is 11.7 Å². The number of ether oxygens (including phenoxy) is 2. The molecule has 0 N–H and O–H groups in total. The molecule has 2 saturated heterocycles. The van der Waals surface area contributed by atoms with Crippen LogP contribution in [0.4, 0.5) is 4.79 Å². The molecular formula is C16H22N2O3. The fourth-order valence-electron chi connectivity index (χ4n) is 3.01. The molecule has 114 valence electrons. The Morgan fingerprint density at radius 1 is 1.24 bits per heavy atom. The van der Waals surface area contributed by atoms with E-state index in [1.807, 2.05) is 12.1 Å². The molecule has 0 radical (unpaired) electrons. The molecule has 0 saturated carbocycles. The zero-order valence-corrected chi connectivity index (χ0v) is 12.7. The largest absolute Gasteiger partial charge is 0.494 e. The average molecular weight is 290 g/mol. The Kier molecular flexibility index (Phi) is 3.76. The molecule has 5 nitrogen and oxygen atoms in total. The maximum atomic E-state index is 11.4. The van der Waals surface area contributed by atoms with Gasteiger partial charge in [0, 0.05) is 26.7 Å². The topological polar surface area (TPSA) is 42.0 Å². The van der Waals surface area contributed by atoms with E-state index in [2.05, 4.69) is 24.0 Å². The predicted octanol–water partition coefficient (Wildman–Crippen LogP) is 2.11. The highest BCUT2D eigenvalue weighted by Crippen LogP contribution is 2.32. The second-order valence-electron chi connectivity index (χ2n) is 6.04. The first-order valence-corrected chi connectivity index (χ1v) is 7.48. The second-order valence-corrected chi connectivity index (χ2v) is 6.04. The Hall–Kier alpha value is -1.75. The van der Waals surface area contributed by atoms with Gasteiger partial charge in [-0.3, -0.25) is 4.90 Å². The van der Waals surface area contributed by atoms with E-state index >= 15 is 0 Å². The van der Waals surface area contributed by atoms with E-state index < -0.39 is 0 Å². The van der Waals surface area contributed by atoms with E-state index in [9.17, 15) is 4.79 Å². The van der Waals surface area contributed by atoms with Gasteiger partial charge in [-0.25, -0.2) is 4.79 Å². The second kappa shape index (κ2) is 5.56. The highest BCUT2D eigenvalue weighted by Gasteiger charge is 2.52. The van der Waals surface area contributed by atoms with Gasteiger partial charge in [-0.1, -0.05) is 19.1 Å². The van der Waals surface area contributed by atoms with Gasteiger partial charge in [0.25, 0.3) is 0 Å². The van der Waals surface area contributed by atoms with Gasteiger partial charge in [-0.05, 0) is 24.1 Å². The summed E-state index contributed by atoms with van der Waals surface area (Å²) >= 11 is 0. The molecule has 3 rings (SSSR count). The van der Waals surface area contributed by atoms with Gasteiger partial charge in [0.2, 0.25) is 0 Å². The van der Waals surface area contributed by atoms with Gasteiger partial charge < -0.3 is 14.4 Å². The Balaban J connectivity index is 1.49. The van der Waals surface area contributed by atoms with E-state index in [0.717, 1.165) is 38.4 Å². The summed E-state index contributed by atoms with van der Waals surface area (Å²) in [5, 5.41) is 0. The summed E-state index contributed by atoms with van der Waals surface area (Å²) in [6.07, 6.45) is 0.817. The van der Waals surface area contributed by atoms with Crippen LogP contribution in [-0.4, -0.2) is 54.8 Å². The number of hydrogen-bond donors (Lipinski definition) is 0. The van der Waals surface area contributed by atoms with Crippen molar-refractivity contribution in [1.82, 2.24) is 9.80 Å². The summed E-state index contributed by atoms with van der Waals surface area (Å²) in [6.45, 7) is 6.08. The molecule has 0 atom stereocenters. The molecule has 1 amide bonds. The number of carbonyl (C=O) groups is 1. The van der Waals surface area contributed by atoms with Gasteiger partial charge >= 0.3 is 6.09 Å². The Morgan fingerprint density at radius 3 is 2.52 bits per heavy atom. The highest BCUT2D eigenvalue weighted by atomic mass is 16.6. The van der Waals surface area contributed by atoms with Crippen molar-refractivity contribution in [3.8, 4) is 5.75 Å². The standard InChI is InChI=1S/C16H22N2O3/c1-3-8-20-14-6-4-13(5-7-14)9-18-11-16(12-18)10-17(2)15(19)21-16/h4-7H,3,8-12H2,1-2H3. The normalized spacial score (nSPS) is 20.5. The number of nitrogens with zero attached hydrogens (tertiary/aromatic N) is 2. The van der Waals surface area contributed by atoms with Crippen LogP contribution in [0.2, 0.25) is 0 Å². The molecule has 1 aromatic rings. The average Bonchev–Trinajstić information content (AvgIpc) is 2.73. The Morgan fingerprint density at radius 2 is 1.95 bits per heavy atom. The summed E-state index contributed by atoms with van der Waals surface area (Å²) < 4.78 is 11.0. The highest BCUT2D eigenvalue weighted by molar-refractivity contribution is 5.70. The minimum absolute atomic E-state index is 0.202. The molecule has 1 spiro atoms. The fourth-order valence-corrected chi connectivity index (χ4v) is 3.01. The van der Waals surface area contributed by atoms with Crippen molar-refractivity contribution in [2.45, 2.75) is 25.5 Å². The zero-order chi connectivity index (χ0) is 14.9. The van der Waals surface area contributed by atoms with Crippen LogP contribution < -0.4 is 4.74 Å². The summed E-state index contributed by atoms with van der Waals surface area (Å²) in [5.41, 5.74) is 0.988. The minimum Gasteiger partial charge on any atom is -0.494 e. The Labute approximate surface area is 125 Å². The van der Waals surface area contributed by atoms with Gasteiger partial charge in [0.05, 0.1) is 13.2 Å². The van der Waals surface area contributed by atoms with Crippen LogP contribution in [0.3, 0.4) is 0 Å². The molecule has 0 aliphatic carbocycles. The molecule has 2 aliphatic rings. The van der Waals surface area contributed by atoms with E-state index in [0.29, 0.717) is 6.54 Å². The third-order valence-corrected chi connectivity index (χ3v) is 3.97. The van der Waals surface area contributed by atoms with Crippen molar-refractivity contribution >= 4 is 6.09 Å². The molecular weight excluding hydrogens is 268 g/mol. The SMILES string of the molecule is CCCOc1ccc(CN2CC3(C2)CN(C)C(=O)O3)cc1. The number of hydrogen-bond acceptors (Lipinski definition) is 4. The van der Waals surface area contributed by atoms with Crippen molar-refractivity contribution in [1.29, 1.82) is 0 Å². The number of amides is 1. The van der Waals surface area contributed by atoms with Crippen LogP contribution in [-0.2, 0) is 11.3 Å². The summed E-state index contributed by atoms with van der Waals surface area (Å²) in [7, 11) is 1.79. The molecule has 2 aliphatic heterocycles. The monoisotopic (exact) mass is 290 g/mol. The van der Waals surface area contributed by atoms with Crippen molar-refractivity contribution in [2.75, 3.05) is 33.3 Å². The molecule has 0 unspecified atom stereocenters. The first-order valence-electron chi connectivity index (χ1n) is 7.48. The fraction of sp³-hybridized carbons (Fsp3) is 0.562. The quantitative estimate of drug-likeness (QED) is 0.833. The first-order chi connectivity index (χ1) is 10.1. The summed E-state index contributed by atoms with van der Waals surface area (Å²) in [4.78, 5) is 15.4. The van der Waals surface area contributed by atoms with Gasteiger partial charge in [-0.15, -0.1) is 0 Å². The Bertz CT molecular complexity index is 509. The lowest BCUT2D eigenvalue weighted by molar-refractivity contribution is -0.0772. The lowest BCUT2D eigenvalue weighted by Crippen LogP contribution is -2.63.